The van der Waals surface area contributed by atoms with Gasteiger partial charge in [-0.05, 0) is 47.6 Å². The molecule has 2 aromatic carbocycles. The molecule has 0 radical (unpaired) electrons. The molecule has 160 valence electrons. The zero-order valence-corrected chi connectivity index (χ0v) is 18.0. The highest BCUT2D eigenvalue weighted by atomic mass is 32.1. The van der Waals surface area contributed by atoms with Crippen LogP contribution in [0.3, 0.4) is 0 Å². The summed E-state index contributed by atoms with van der Waals surface area (Å²) < 4.78 is 4.77. The van der Waals surface area contributed by atoms with E-state index in [-0.39, 0.29) is 5.91 Å². The van der Waals surface area contributed by atoms with Gasteiger partial charge in [0, 0.05) is 6.20 Å². The minimum atomic E-state index is -0.547. The minimum absolute atomic E-state index is 0.327. The summed E-state index contributed by atoms with van der Waals surface area (Å²) in [6.45, 7) is 0. The molecule has 4 rings (SSSR count). The van der Waals surface area contributed by atoms with Gasteiger partial charge in [0.1, 0.15) is 5.82 Å². The second-order valence-electron chi connectivity index (χ2n) is 6.97. The number of nitrogens with one attached hydrogen (secondary N) is 3. The topological polar surface area (TPSA) is 92.4 Å². The van der Waals surface area contributed by atoms with Crippen molar-refractivity contribution < 1.29 is 14.3 Å². The van der Waals surface area contributed by atoms with Crippen LogP contribution in [-0.2, 0) is 9.53 Å². The van der Waals surface area contributed by atoms with Gasteiger partial charge in [0.2, 0.25) is 0 Å². The summed E-state index contributed by atoms with van der Waals surface area (Å²) in [5.74, 6) is -0.323. The Hall–Kier alpha value is -4.04. The van der Waals surface area contributed by atoms with E-state index in [9.17, 15) is 9.59 Å². The predicted octanol–water partition coefficient (Wildman–Crippen LogP) is 3.44. The van der Waals surface area contributed by atoms with Crippen molar-refractivity contribution in [2.75, 3.05) is 12.4 Å². The highest BCUT2D eigenvalue weighted by Gasteiger charge is 2.32. The summed E-state index contributed by atoms with van der Waals surface area (Å²) in [6.07, 6.45) is 1.61. The Balaban J connectivity index is 1.80. The largest absolute Gasteiger partial charge is 0.465 e. The monoisotopic (exact) mass is 444 g/mol. The summed E-state index contributed by atoms with van der Waals surface area (Å²) in [6, 6.07) is 21.1. The zero-order valence-electron chi connectivity index (χ0n) is 17.2. The number of methoxy groups -OCH3 is 1. The molecular weight excluding hydrogens is 424 g/mol. The number of hydrogen-bond donors (Lipinski definition) is 3. The van der Waals surface area contributed by atoms with Crippen LogP contribution in [0, 0.1) is 0 Å². The Kier molecular flexibility index (Phi) is 6.23. The fourth-order valence-corrected chi connectivity index (χ4v) is 3.66. The van der Waals surface area contributed by atoms with Gasteiger partial charge in [-0.25, -0.2) is 9.78 Å². The molecule has 32 heavy (non-hydrogen) atoms. The lowest BCUT2D eigenvalue weighted by Gasteiger charge is -2.31. The summed E-state index contributed by atoms with van der Waals surface area (Å²) in [7, 11) is 1.33. The van der Waals surface area contributed by atoms with Crippen molar-refractivity contribution in [1.82, 2.24) is 15.6 Å². The average molecular weight is 445 g/mol. The number of pyridine rings is 1. The van der Waals surface area contributed by atoms with E-state index in [0.29, 0.717) is 27.8 Å². The van der Waals surface area contributed by atoms with Gasteiger partial charge in [0.25, 0.3) is 5.91 Å². The van der Waals surface area contributed by atoms with Crippen molar-refractivity contribution in [2.24, 2.45) is 0 Å². The molecule has 3 aromatic rings. The van der Waals surface area contributed by atoms with E-state index in [1.165, 1.54) is 7.11 Å². The summed E-state index contributed by atoms with van der Waals surface area (Å²) in [5.41, 5.74) is 3.05. The quantitative estimate of drug-likeness (QED) is 0.410. The van der Waals surface area contributed by atoms with Crippen molar-refractivity contribution in [3.63, 3.8) is 0 Å². The van der Waals surface area contributed by atoms with Crippen LogP contribution in [0.4, 0.5) is 5.82 Å². The summed E-state index contributed by atoms with van der Waals surface area (Å²) in [4.78, 5) is 29.5. The molecule has 3 N–H and O–H groups in total. The first kappa shape index (κ1) is 21.2. The fraction of sp³-hybridized carbons (Fsp3) is 0.0833. The first-order chi connectivity index (χ1) is 15.6. The number of benzene rings is 2. The molecule has 1 amide bonds. The van der Waals surface area contributed by atoms with Gasteiger partial charge in [-0.15, -0.1) is 0 Å². The number of thiocarbonyl (C=S) groups is 1. The van der Waals surface area contributed by atoms with Crippen molar-refractivity contribution in [2.45, 2.75) is 6.04 Å². The number of aromatic nitrogens is 1. The highest BCUT2D eigenvalue weighted by Crippen LogP contribution is 2.32. The second kappa shape index (κ2) is 9.40. The van der Waals surface area contributed by atoms with Crippen molar-refractivity contribution in [3.8, 4) is 0 Å². The molecule has 1 aromatic heterocycles. The van der Waals surface area contributed by atoms with E-state index in [4.69, 9.17) is 17.0 Å². The fourth-order valence-electron chi connectivity index (χ4n) is 3.44. The van der Waals surface area contributed by atoms with Gasteiger partial charge in [0.05, 0.1) is 30.0 Å². The molecular formula is C24H20N4O3S. The SMILES string of the molecule is COC(=O)c1ccc([C@H]2NC(=S)NC(c3ccccc3)=C2C(=O)Nc2ccccn2)cc1. The second-order valence-corrected chi connectivity index (χ2v) is 7.38. The first-order valence-electron chi connectivity index (χ1n) is 9.84. The molecule has 1 aliphatic rings. The van der Waals surface area contributed by atoms with Gasteiger partial charge in [-0.2, -0.15) is 0 Å². The molecule has 0 saturated heterocycles. The third kappa shape index (κ3) is 4.50. The maximum Gasteiger partial charge on any atom is 0.337 e. The predicted molar refractivity (Wildman–Crippen MR) is 126 cm³/mol. The smallest absolute Gasteiger partial charge is 0.337 e. The molecule has 0 fully saturated rings. The van der Waals surface area contributed by atoms with E-state index in [0.717, 1.165) is 11.1 Å². The molecule has 1 atom stereocenters. The van der Waals surface area contributed by atoms with Gasteiger partial charge in [0.15, 0.2) is 5.11 Å². The minimum Gasteiger partial charge on any atom is -0.465 e. The highest BCUT2D eigenvalue weighted by molar-refractivity contribution is 7.80. The van der Waals surface area contributed by atoms with Gasteiger partial charge >= 0.3 is 5.97 Å². The van der Waals surface area contributed by atoms with Gasteiger partial charge in [-0.3, -0.25) is 4.79 Å². The number of carbonyl (C=O) groups excluding carboxylic acids is 2. The van der Waals surface area contributed by atoms with Crippen LogP contribution in [0.15, 0.2) is 84.6 Å². The molecule has 0 aliphatic carbocycles. The molecule has 8 heteroatoms. The average Bonchev–Trinajstić information content (AvgIpc) is 2.84. The number of rotatable bonds is 5. The van der Waals surface area contributed by atoms with Gasteiger partial charge < -0.3 is 20.7 Å². The van der Waals surface area contributed by atoms with E-state index < -0.39 is 12.0 Å². The van der Waals surface area contributed by atoms with Crippen LogP contribution in [0.1, 0.15) is 27.5 Å². The Morgan fingerprint density at radius 2 is 1.72 bits per heavy atom. The lowest BCUT2D eigenvalue weighted by atomic mass is 9.91. The number of nitrogens with zero attached hydrogens (tertiary/aromatic N) is 1. The maximum absolute atomic E-state index is 13.5. The standard InChI is InChI=1S/C24H20N4O3S/c1-31-23(30)17-12-10-16(11-13-17)21-19(22(29)26-18-9-5-6-14-25-18)20(27-24(32)28-21)15-7-3-2-4-8-15/h2-14,21H,1H3,(H,25,26,29)(H2,27,28,32)/t21-/m1/s1. The Morgan fingerprint density at radius 1 is 1.00 bits per heavy atom. The molecule has 2 heterocycles. The van der Waals surface area contributed by atoms with Crippen LogP contribution in [0.5, 0.6) is 0 Å². The number of esters is 1. The van der Waals surface area contributed by atoms with Crippen molar-refractivity contribution in [1.29, 1.82) is 0 Å². The Morgan fingerprint density at radius 3 is 2.38 bits per heavy atom. The van der Waals surface area contributed by atoms with Crippen LogP contribution < -0.4 is 16.0 Å². The molecule has 7 nitrogen and oxygen atoms in total. The molecule has 0 bridgehead atoms. The maximum atomic E-state index is 13.5. The number of hydrogen-bond acceptors (Lipinski definition) is 5. The number of carbonyl (C=O) groups is 2. The lowest BCUT2D eigenvalue weighted by molar-refractivity contribution is -0.113. The number of amides is 1. The van der Waals surface area contributed by atoms with Crippen LogP contribution >= 0.6 is 12.2 Å². The lowest BCUT2D eigenvalue weighted by Crippen LogP contribution is -2.45. The molecule has 0 spiro atoms. The Bertz CT molecular complexity index is 1180. The normalized spacial score (nSPS) is 15.4. The third-order valence-corrected chi connectivity index (χ3v) is 5.17. The van der Waals surface area contributed by atoms with Gasteiger partial charge in [-0.1, -0.05) is 48.5 Å². The zero-order chi connectivity index (χ0) is 22.5. The number of ether oxygens (including phenoxy) is 1. The van der Waals surface area contributed by atoms with E-state index in [2.05, 4.69) is 20.9 Å². The van der Waals surface area contributed by atoms with Crippen molar-refractivity contribution >= 4 is 40.7 Å². The molecule has 0 saturated carbocycles. The summed E-state index contributed by atoms with van der Waals surface area (Å²) in [5, 5.41) is 9.56. The van der Waals surface area contributed by atoms with Crippen molar-refractivity contribution in [3.05, 3.63) is 101 Å². The van der Waals surface area contributed by atoms with Crippen LogP contribution in [0.2, 0.25) is 0 Å². The van der Waals surface area contributed by atoms with E-state index in [1.54, 1.807) is 48.7 Å². The number of anilines is 1. The van der Waals surface area contributed by atoms with E-state index >= 15 is 0 Å². The third-order valence-electron chi connectivity index (χ3n) is 4.95. The van der Waals surface area contributed by atoms with E-state index in [1.807, 2.05) is 30.3 Å². The Labute approximate surface area is 190 Å². The molecule has 0 unspecified atom stereocenters. The van der Waals surface area contributed by atoms with Crippen LogP contribution in [0.25, 0.3) is 5.70 Å². The van der Waals surface area contributed by atoms with Crippen LogP contribution in [-0.4, -0.2) is 29.1 Å². The first-order valence-corrected chi connectivity index (χ1v) is 10.3. The summed E-state index contributed by atoms with van der Waals surface area (Å²) >= 11 is 5.44. The molecule has 1 aliphatic heterocycles.